The molecule has 0 amide bonds. The summed E-state index contributed by atoms with van der Waals surface area (Å²) >= 11 is 1.84. The third-order valence-corrected chi connectivity index (χ3v) is 5.18. The molecular formula is C15H16N2O2S. The van der Waals surface area contributed by atoms with Crippen LogP contribution in [0.3, 0.4) is 0 Å². The van der Waals surface area contributed by atoms with Gasteiger partial charge < -0.3 is 9.67 Å². The third-order valence-electron chi connectivity index (χ3n) is 3.77. The minimum absolute atomic E-state index is 0.375. The van der Waals surface area contributed by atoms with E-state index in [0.29, 0.717) is 16.7 Å². The van der Waals surface area contributed by atoms with E-state index in [0.717, 1.165) is 18.5 Å². The van der Waals surface area contributed by atoms with E-state index in [9.17, 15) is 4.79 Å². The summed E-state index contributed by atoms with van der Waals surface area (Å²) in [5.74, 6) is -0.367. The van der Waals surface area contributed by atoms with Gasteiger partial charge in [0.1, 0.15) is 0 Å². The second-order valence-electron chi connectivity index (χ2n) is 5.17. The Hall–Kier alpha value is -1.75. The number of benzene rings is 1. The molecule has 104 valence electrons. The van der Waals surface area contributed by atoms with E-state index in [1.165, 1.54) is 4.90 Å². The van der Waals surface area contributed by atoms with E-state index in [-0.39, 0.29) is 0 Å². The minimum Gasteiger partial charge on any atom is -0.478 e. The van der Waals surface area contributed by atoms with Crippen LogP contribution in [0.2, 0.25) is 0 Å². The minimum atomic E-state index is -0.859. The van der Waals surface area contributed by atoms with Crippen molar-refractivity contribution in [1.29, 1.82) is 0 Å². The second-order valence-corrected chi connectivity index (χ2v) is 6.59. The summed E-state index contributed by atoms with van der Waals surface area (Å²) in [7, 11) is 0. The van der Waals surface area contributed by atoms with E-state index in [1.807, 2.05) is 36.4 Å². The van der Waals surface area contributed by atoms with E-state index in [4.69, 9.17) is 5.11 Å². The van der Waals surface area contributed by atoms with Crippen molar-refractivity contribution in [3.8, 4) is 0 Å². The quantitative estimate of drug-likeness (QED) is 0.943. The number of hydrogen-bond donors (Lipinski definition) is 1. The Morgan fingerprint density at radius 1 is 1.55 bits per heavy atom. The molecule has 2 unspecified atom stereocenters. The van der Waals surface area contributed by atoms with E-state index in [2.05, 4.69) is 16.5 Å². The molecule has 4 nitrogen and oxygen atoms in total. The molecule has 0 saturated carbocycles. The summed E-state index contributed by atoms with van der Waals surface area (Å²) in [6.45, 7) is 3.16. The van der Waals surface area contributed by atoms with E-state index < -0.39 is 5.97 Å². The predicted octanol–water partition coefficient (Wildman–Crippen LogP) is 2.93. The Labute approximate surface area is 121 Å². The van der Waals surface area contributed by atoms with Gasteiger partial charge in [-0.15, -0.1) is 11.8 Å². The molecule has 1 aromatic carbocycles. The van der Waals surface area contributed by atoms with Crippen LogP contribution in [0, 0.1) is 5.92 Å². The van der Waals surface area contributed by atoms with Gasteiger partial charge in [-0.25, -0.2) is 9.78 Å². The third kappa shape index (κ3) is 2.58. The van der Waals surface area contributed by atoms with E-state index in [1.54, 1.807) is 12.3 Å². The molecule has 2 atom stereocenters. The van der Waals surface area contributed by atoms with Gasteiger partial charge in [0.15, 0.2) is 0 Å². The van der Waals surface area contributed by atoms with Gasteiger partial charge in [-0.3, -0.25) is 0 Å². The summed E-state index contributed by atoms with van der Waals surface area (Å²) in [5.41, 5.74) is 1.53. The molecule has 0 spiro atoms. The largest absolute Gasteiger partial charge is 0.478 e. The lowest BCUT2D eigenvalue weighted by Crippen LogP contribution is -2.26. The van der Waals surface area contributed by atoms with Crippen LogP contribution in [0.15, 0.2) is 41.8 Å². The molecular weight excluding hydrogens is 272 g/mol. The topological polar surface area (TPSA) is 55.1 Å². The lowest BCUT2D eigenvalue weighted by Gasteiger charge is -2.30. The van der Waals surface area contributed by atoms with Crippen molar-refractivity contribution in [2.45, 2.75) is 30.0 Å². The maximum absolute atomic E-state index is 11.1. The highest BCUT2D eigenvalue weighted by atomic mass is 32.2. The number of carbonyl (C=O) groups is 1. The highest BCUT2D eigenvalue weighted by Crippen LogP contribution is 2.39. The first-order valence-electron chi connectivity index (χ1n) is 6.62. The van der Waals surface area contributed by atoms with Crippen LogP contribution in [0.4, 0.5) is 0 Å². The second kappa shape index (κ2) is 5.32. The van der Waals surface area contributed by atoms with Crippen molar-refractivity contribution in [3.63, 3.8) is 0 Å². The lowest BCUT2D eigenvalue weighted by molar-refractivity contribution is 0.0696. The monoisotopic (exact) mass is 288 g/mol. The number of aromatic carboxylic acids is 1. The number of fused-ring (bicyclic) bond motifs is 1. The molecule has 5 heteroatoms. The van der Waals surface area contributed by atoms with Gasteiger partial charge in [-0.05, 0) is 36.1 Å². The molecule has 1 N–H and O–H groups in total. The molecule has 0 bridgehead atoms. The molecule has 1 aliphatic rings. The smallest absolute Gasteiger partial charge is 0.335 e. The van der Waals surface area contributed by atoms with Crippen molar-refractivity contribution in [2.24, 2.45) is 5.92 Å². The van der Waals surface area contributed by atoms with Crippen LogP contribution in [-0.4, -0.2) is 25.9 Å². The zero-order valence-corrected chi connectivity index (χ0v) is 12.0. The van der Waals surface area contributed by atoms with Gasteiger partial charge in [-0.2, -0.15) is 0 Å². The Bertz CT molecular complexity index is 625. The number of imidazole rings is 1. The van der Waals surface area contributed by atoms with Gasteiger partial charge in [-0.1, -0.05) is 6.92 Å². The Balaban J connectivity index is 1.84. The fourth-order valence-corrected chi connectivity index (χ4v) is 3.83. The summed E-state index contributed by atoms with van der Waals surface area (Å²) in [6.07, 6.45) is 6.51. The first kappa shape index (κ1) is 13.2. The summed E-state index contributed by atoms with van der Waals surface area (Å²) in [6, 6.07) is 5.45. The number of nitrogens with zero attached hydrogens (tertiary/aromatic N) is 2. The molecule has 20 heavy (non-hydrogen) atoms. The number of aromatic nitrogens is 2. The summed E-state index contributed by atoms with van der Waals surface area (Å²) in [5, 5.41) is 9.61. The van der Waals surface area contributed by atoms with Crippen LogP contribution in [0.5, 0.6) is 0 Å². The number of rotatable bonds is 3. The molecule has 0 fully saturated rings. The average Bonchev–Trinajstić information content (AvgIpc) is 2.92. The highest BCUT2D eigenvalue weighted by Gasteiger charge is 2.26. The molecule has 0 aliphatic carbocycles. The fraction of sp³-hybridized carbons (Fsp3) is 0.333. The van der Waals surface area contributed by atoms with Crippen molar-refractivity contribution in [1.82, 2.24) is 9.55 Å². The standard InChI is InChI=1S/C15H16N2O2S/c1-10-13(8-17-5-4-16-9-17)7-12-6-11(15(18)19)2-3-14(12)20-10/h2-6,9-10,13H,7-8H2,1H3,(H,18,19). The molecule has 2 heterocycles. The van der Waals surface area contributed by atoms with Crippen LogP contribution in [0.25, 0.3) is 0 Å². The predicted molar refractivity (Wildman–Crippen MR) is 78.1 cm³/mol. The van der Waals surface area contributed by atoms with Crippen molar-refractivity contribution in [2.75, 3.05) is 0 Å². The van der Waals surface area contributed by atoms with E-state index >= 15 is 0 Å². The number of hydrogen-bond acceptors (Lipinski definition) is 3. The lowest BCUT2D eigenvalue weighted by atomic mass is 9.94. The fourth-order valence-electron chi connectivity index (χ4n) is 2.61. The normalized spacial score (nSPS) is 21.4. The molecule has 1 aliphatic heterocycles. The maximum Gasteiger partial charge on any atom is 0.335 e. The number of carboxylic acid groups (broad SMARTS) is 1. The van der Waals surface area contributed by atoms with Crippen LogP contribution in [-0.2, 0) is 13.0 Å². The zero-order valence-electron chi connectivity index (χ0n) is 11.2. The Morgan fingerprint density at radius 2 is 2.40 bits per heavy atom. The van der Waals surface area contributed by atoms with Crippen molar-refractivity contribution < 1.29 is 9.90 Å². The maximum atomic E-state index is 11.1. The van der Waals surface area contributed by atoms with Crippen LogP contribution < -0.4 is 0 Å². The highest BCUT2D eigenvalue weighted by molar-refractivity contribution is 8.00. The van der Waals surface area contributed by atoms with Crippen LogP contribution in [0.1, 0.15) is 22.8 Å². The number of thioether (sulfide) groups is 1. The van der Waals surface area contributed by atoms with Gasteiger partial charge >= 0.3 is 5.97 Å². The van der Waals surface area contributed by atoms with Crippen molar-refractivity contribution >= 4 is 17.7 Å². The van der Waals surface area contributed by atoms with Gasteiger partial charge in [0.2, 0.25) is 0 Å². The van der Waals surface area contributed by atoms with Gasteiger partial charge in [0.25, 0.3) is 0 Å². The van der Waals surface area contributed by atoms with Crippen molar-refractivity contribution in [3.05, 3.63) is 48.0 Å². The molecule has 3 rings (SSSR count). The zero-order chi connectivity index (χ0) is 14.1. The Morgan fingerprint density at radius 3 is 3.10 bits per heavy atom. The first-order valence-corrected chi connectivity index (χ1v) is 7.50. The Kier molecular flexibility index (Phi) is 3.53. The van der Waals surface area contributed by atoms with Crippen LogP contribution >= 0.6 is 11.8 Å². The SMILES string of the molecule is CC1Sc2ccc(C(=O)O)cc2CC1Cn1ccnc1. The van der Waals surface area contributed by atoms with Gasteiger partial charge in [0, 0.05) is 29.1 Å². The van der Waals surface area contributed by atoms with Gasteiger partial charge in [0.05, 0.1) is 11.9 Å². The average molecular weight is 288 g/mol. The molecule has 0 saturated heterocycles. The molecule has 0 radical (unpaired) electrons. The molecule has 2 aromatic rings. The first-order chi connectivity index (χ1) is 9.63. The summed E-state index contributed by atoms with van der Waals surface area (Å²) < 4.78 is 2.09. The molecule has 1 aromatic heterocycles. The summed E-state index contributed by atoms with van der Waals surface area (Å²) in [4.78, 5) is 16.4. The number of carboxylic acids is 1.